The predicted octanol–water partition coefficient (Wildman–Crippen LogP) is 5.14. The minimum atomic E-state index is 0.000872. The molecule has 3 rings (SSSR count). The summed E-state index contributed by atoms with van der Waals surface area (Å²) in [6.45, 7) is 0. The zero-order valence-electron chi connectivity index (χ0n) is 11.2. The molecular weight excluding hydrogens is 350 g/mol. The Hall–Kier alpha value is -1.58. The summed E-state index contributed by atoms with van der Waals surface area (Å²) in [6, 6.07) is 15.7. The molecule has 0 fully saturated rings. The van der Waals surface area contributed by atoms with E-state index in [2.05, 4.69) is 20.8 Å². The summed E-state index contributed by atoms with van der Waals surface area (Å²) in [5.41, 5.74) is 2.14. The first-order chi connectivity index (χ1) is 10.1. The number of hydrogen-bond acceptors (Lipinski definition) is 2. The third kappa shape index (κ3) is 3.20. The van der Waals surface area contributed by atoms with E-state index in [9.17, 15) is 4.79 Å². The molecule has 1 unspecified atom stereocenters. The van der Waals surface area contributed by atoms with Crippen molar-refractivity contribution in [2.45, 2.75) is 12.5 Å². The van der Waals surface area contributed by atoms with Crippen LogP contribution in [0.2, 0.25) is 5.02 Å². The third-order valence-corrected chi connectivity index (χ3v) is 4.31. The Bertz CT molecular complexity index is 679. The molecule has 21 heavy (non-hydrogen) atoms. The fraction of sp³-hybridized carbons (Fsp3) is 0.118. The predicted molar refractivity (Wildman–Crippen MR) is 89.6 cm³/mol. The van der Waals surface area contributed by atoms with Crippen LogP contribution in [0.15, 0.2) is 65.3 Å². The minimum absolute atomic E-state index is 0.000872. The first-order valence-electron chi connectivity index (χ1n) is 6.64. The van der Waals surface area contributed by atoms with Crippen LogP contribution >= 0.6 is 27.5 Å². The van der Waals surface area contributed by atoms with Crippen LogP contribution in [-0.4, -0.2) is 5.78 Å². The molecule has 0 saturated heterocycles. The number of allylic oxidation sites excluding steroid dienone is 1. The average Bonchev–Trinajstić information content (AvgIpc) is 2.49. The molecule has 0 bridgehead atoms. The number of halogens is 2. The van der Waals surface area contributed by atoms with Crippen LogP contribution in [-0.2, 0) is 4.79 Å². The summed E-state index contributed by atoms with van der Waals surface area (Å²) in [5, 5.41) is 0.701. The lowest BCUT2D eigenvalue weighted by molar-refractivity contribution is -0.115. The van der Waals surface area contributed by atoms with Gasteiger partial charge >= 0.3 is 0 Å². The Morgan fingerprint density at radius 2 is 1.71 bits per heavy atom. The van der Waals surface area contributed by atoms with E-state index in [1.807, 2.05) is 54.7 Å². The van der Waals surface area contributed by atoms with Crippen LogP contribution in [0.4, 0.5) is 5.69 Å². The summed E-state index contributed by atoms with van der Waals surface area (Å²) < 4.78 is 1.03. The van der Waals surface area contributed by atoms with Gasteiger partial charge in [0.05, 0.1) is 6.04 Å². The lowest BCUT2D eigenvalue weighted by atomic mass is 9.96. The summed E-state index contributed by atoms with van der Waals surface area (Å²) >= 11 is 9.39. The highest BCUT2D eigenvalue weighted by Gasteiger charge is 2.25. The molecule has 0 N–H and O–H groups in total. The average molecular weight is 363 g/mol. The van der Waals surface area contributed by atoms with Gasteiger partial charge in [-0.3, -0.25) is 4.79 Å². The maximum atomic E-state index is 11.8. The second-order valence-electron chi connectivity index (χ2n) is 4.94. The van der Waals surface area contributed by atoms with Gasteiger partial charge in [0.1, 0.15) is 0 Å². The Balaban J connectivity index is 1.99. The summed E-state index contributed by atoms with van der Waals surface area (Å²) in [6.07, 6.45) is 3.96. The highest BCUT2D eigenvalue weighted by atomic mass is 79.9. The largest absolute Gasteiger partial charge is 0.340 e. The standard InChI is InChI=1S/C17H13BrClNO/c18-13-3-7-15(8-4-13)20-10-9-16(21)11-17(20)12-1-5-14(19)6-2-12/h1-10,17H,11H2. The second kappa shape index (κ2) is 6.04. The quantitative estimate of drug-likeness (QED) is 0.737. The number of rotatable bonds is 2. The van der Waals surface area contributed by atoms with Crippen molar-refractivity contribution in [2.75, 3.05) is 4.90 Å². The van der Waals surface area contributed by atoms with Crippen LogP contribution < -0.4 is 4.90 Å². The van der Waals surface area contributed by atoms with E-state index in [1.165, 1.54) is 0 Å². The Morgan fingerprint density at radius 3 is 2.38 bits per heavy atom. The molecule has 2 nitrogen and oxygen atoms in total. The molecule has 0 amide bonds. The zero-order chi connectivity index (χ0) is 14.8. The van der Waals surface area contributed by atoms with E-state index < -0.39 is 0 Å². The number of anilines is 1. The first kappa shape index (κ1) is 14.4. The Labute approximate surface area is 137 Å². The maximum absolute atomic E-state index is 11.8. The molecule has 4 heteroatoms. The molecule has 106 valence electrons. The van der Waals surface area contributed by atoms with Gasteiger partial charge in [-0.25, -0.2) is 0 Å². The van der Waals surface area contributed by atoms with Gasteiger partial charge in [-0.15, -0.1) is 0 Å². The van der Waals surface area contributed by atoms with Crippen molar-refractivity contribution < 1.29 is 4.79 Å². The van der Waals surface area contributed by atoms with Crippen molar-refractivity contribution >= 4 is 39.0 Å². The summed E-state index contributed by atoms with van der Waals surface area (Å²) in [5.74, 6) is 0.142. The highest BCUT2D eigenvalue weighted by Crippen LogP contribution is 2.34. The van der Waals surface area contributed by atoms with Gasteiger partial charge in [0.2, 0.25) is 0 Å². The van der Waals surface area contributed by atoms with Crippen molar-refractivity contribution in [1.82, 2.24) is 0 Å². The molecule has 1 aliphatic heterocycles. The molecular formula is C17H13BrClNO. The van der Waals surface area contributed by atoms with Crippen LogP contribution in [0.25, 0.3) is 0 Å². The Kier molecular flexibility index (Phi) is 4.13. The van der Waals surface area contributed by atoms with Gasteiger partial charge in [0.25, 0.3) is 0 Å². The summed E-state index contributed by atoms with van der Waals surface area (Å²) in [4.78, 5) is 13.9. The van der Waals surface area contributed by atoms with Crippen LogP contribution in [0.3, 0.4) is 0 Å². The molecule has 2 aromatic rings. The maximum Gasteiger partial charge on any atom is 0.159 e. The van der Waals surface area contributed by atoms with E-state index in [1.54, 1.807) is 6.08 Å². The van der Waals surface area contributed by atoms with Crippen LogP contribution in [0.5, 0.6) is 0 Å². The summed E-state index contributed by atoms with van der Waals surface area (Å²) in [7, 11) is 0. The lowest BCUT2D eigenvalue weighted by Crippen LogP contribution is -2.28. The molecule has 2 aromatic carbocycles. The van der Waals surface area contributed by atoms with Crippen molar-refractivity contribution in [3.8, 4) is 0 Å². The first-order valence-corrected chi connectivity index (χ1v) is 7.81. The smallest absolute Gasteiger partial charge is 0.159 e. The monoisotopic (exact) mass is 361 g/mol. The lowest BCUT2D eigenvalue weighted by Gasteiger charge is -2.33. The minimum Gasteiger partial charge on any atom is -0.340 e. The van der Waals surface area contributed by atoms with Crippen molar-refractivity contribution in [2.24, 2.45) is 0 Å². The second-order valence-corrected chi connectivity index (χ2v) is 6.29. The zero-order valence-corrected chi connectivity index (χ0v) is 13.5. The Morgan fingerprint density at radius 1 is 1.05 bits per heavy atom. The molecule has 1 heterocycles. The number of carbonyl (C=O) groups excluding carboxylic acids is 1. The molecule has 0 aliphatic carbocycles. The molecule has 0 radical (unpaired) electrons. The molecule has 1 atom stereocenters. The number of hydrogen-bond donors (Lipinski definition) is 0. The van der Waals surface area contributed by atoms with E-state index in [-0.39, 0.29) is 11.8 Å². The SMILES string of the molecule is O=C1C=CN(c2ccc(Br)cc2)C(c2ccc(Cl)cc2)C1. The van der Waals surface area contributed by atoms with Crippen molar-refractivity contribution in [3.63, 3.8) is 0 Å². The fourth-order valence-corrected chi connectivity index (χ4v) is 2.86. The van der Waals surface area contributed by atoms with E-state index >= 15 is 0 Å². The number of nitrogens with zero attached hydrogens (tertiary/aromatic N) is 1. The van der Waals surface area contributed by atoms with Gasteiger partial charge in [-0.1, -0.05) is 39.7 Å². The van der Waals surface area contributed by atoms with Gasteiger partial charge in [0.15, 0.2) is 5.78 Å². The van der Waals surface area contributed by atoms with E-state index in [0.717, 1.165) is 15.7 Å². The molecule has 1 aliphatic rings. The van der Waals surface area contributed by atoms with Gasteiger partial charge < -0.3 is 4.90 Å². The highest BCUT2D eigenvalue weighted by molar-refractivity contribution is 9.10. The van der Waals surface area contributed by atoms with Crippen molar-refractivity contribution in [3.05, 3.63) is 75.9 Å². The molecule has 0 aromatic heterocycles. The van der Waals surface area contributed by atoms with E-state index in [0.29, 0.717) is 11.4 Å². The fourth-order valence-electron chi connectivity index (χ4n) is 2.47. The normalized spacial score (nSPS) is 18.1. The van der Waals surface area contributed by atoms with Crippen molar-refractivity contribution in [1.29, 1.82) is 0 Å². The van der Waals surface area contributed by atoms with Crippen LogP contribution in [0.1, 0.15) is 18.0 Å². The van der Waals surface area contributed by atoms with Gasteiger partial charge in [0, 0.05) is 27.8 Å². The molecule has 0 spiro atoms. The van der Waals surface area contributed by atoms with Gasteiger partial charge in [-0.2, -0.15) is 0 Å². The van der Waals surface area contributed by atoms with Gasteiger partial charge in [-0.05, 0) is 48.0 Å². The van der Waals surface area contributed by atoms with Crippen LogP contribution in [0, 0.1) is 0 Å². The molecule has 0 saturated carbocycles. The third-order valence-electron chi connectivity index (χ3n) is 3.53. The number of ketones is 1. The van der Waals surface area contributed by atoms with E-state index in [4.69, 9.17) is 11.6 Å². The number of carbonyl (C=O) groups is 1. The topological polar surface area (TPSA) is 20.3 Å². The number of benzene rings is 2.